The third kappa shape index (κ3) is 4.74. The molecular weight excluding hydrogens is 232 g/mol. The van der Waals surface area contributed by atoms with Crippen LogP contribution in [0.1, 0.15) is 42.8 Å². The first-order chi connectivity index (χ1) is 8.34. The molecule has 1 aliphatic carbocycles. The molecule has 1 aromatic rings. The van der Waals surface area contributed by atoms with Gasteiger partial charge in [0.25, 0.3) is 0 Å². The molecule has 0 saturated heterocycles. The Morgan fingerprint density at radius 3 is 2.94 bits per heavy atom. The van der Waals surface area contributed by atoms with Gasteiger partial charge in [-0.3, -0.25) is 0 Å². The maximum absolute atomic E-state index is 5.85. The van der Waals surface area contributed by atoms with E-state index in [1.807, 2.05) is 6.92 Å². The van der Waals surface area contributed by atoms with Crippen LogP contribution in [0.2, 0.25) is 0 Å². The van der Waals surface area contributed by atoms with Crippen LogP contribution in [-0.4, -0.2) is 24.2 Å². The SMILES string of the molecule is Cc1nc(CNCCOC2CCCCC2)cs1. The second-order valence-electron chi connectivity index (χ2n) is 4.67. The number of rotatable bonds is 6. The van der Waals surface area contributed by atoms with E-state index in [4.69, 9.17) is 4.74 Å². The summed E-state index contributed by atoms with van der Waals surface area (Å²) in [6, 6.07) is 0. The van der Waals surface area contributed by atoms with E-state index in [2.05, 4.69) is 15.7 Å². The summed E-state index contributed by atoms with van der Waals surface area (Å²) < 4.78 is 5.85. The van der Waals surface area contributed by atoms with E-state index < -0.39 is 0 Å². The fraction of sp³-hybridized carbons (Fsp3) is 0.769. The molecule has 0 amide bonds. The molecule has 0 bridgehead atoms. The van der Waals surface area contributed by atoms with E-state index in [9.17, 15) is 0 Å². The number of nitrogens with one attached hydrogen (secondary N) is 1. The van der Waals surface area contributed by atoms with Gasteiger partial charge < -0.3 is 10.1 Å². The Labute approximate surface area is 108 Å². The molecule has 0 unspecified atom stereocenters. The largest absolute Gasteiger partial charge is 0.377 e. The number of hydrogen-bond acceptors (Lipinski definition) is 4. The molecule has 96 valence electrons. The molecule has 0 atom stereocenters. The van der Waals surface area contributed by atoms with Crippen molar-refractivity contribution < 1.29 is 4.74 Å². The molecule has 0 radical (unpaired) electrons. The normalized spacial score (nSPS) is 17.5. The van der Waals surface area contributed by atoms with E-state index in [1.54, 1.807) is 11.3 Å². The quantitative estimate of drug-likeness (QED) is 0.793. The summed E-state index contributed by atoms with van der Waals surface area (Å²) in [7, 11) is 0. The number of aryl methyl sites for hydroxylation is 1. The van der Waals surface area contributed by atoms with E-state index in [0.717, 1.165) is 30.4 Å². The lowest BCUT2D eigenvalue weighted by atomic mass is 9.98. The van der Waals surface area contributed by atoms with Gasteiger partial charge in [-0.15, -0.1) is 11.3 Å². The van der Waals surface area contributed by atoms with Gasteiger partial charge in [0.15, 0.2) is 0 Å². The van der Waals surface area contributed by atoms with Gasteiger partial charge in [0.1, 0.15) is 0 Å². The fourth-order valence-corrected chi connectivity index (χ4v) is 2.85. The van der Waals surface area contributed by atoms with Crippen LogP contribution in [0.5, 0.6) is 0 Å². The van der Waals surface area contributed by atoms with Gasteiger partial charge in [-0.05, 0) is 19.8 Å². The zero-order chi connectivity index (χ0) is 11.9. The Bertz CT molecular complexity index is 321. The van der Waals surface area contributed by atoms with Gasteiger partial charge in [-0.25, -0.2) is 4.98 Å². The standard InChI is InChI=1S/C13H22N2OS/c1-11-15-12(10-17-11)9-14-7-8-16-13-5-3-2-4-6-13/h10,13-14H,2-9H2,1H3. The maximum Gasteiger partial charge on any atom is 0.0897 e. The topological polar surface area (TPSA) is 34.2 Å². The number of thiazole rings is 1. The summed E-state index contributed by atoms with van der Waals surface area (Å²) in [5, 5.41) is 6.63. The van der Waals surface area contributed by atoms with Crippen molar-refractivity contribution in [3.05, 3.63) is 16.1 Å². The number of ether oxygens (including phenoxy) is 1. The third-order valence-electron chi connectivity index (χ3n) is 3.16. The molecule has 0 aliphatic heterocycles. The summed E-state index contributed by atoms with van der Waals surface area (Å²) in [5.74, 6) is 0. The predicted octanol–water partition coefficient (Wildman–Crippen LogP) is 2.89. The molecule has 1 fully saturated rings. The highest BCUT2D eigenvalue weighted by atomic mass is 32.1. The van der Waals surface area contributed by atoms with Crippen LogP contribution >= 0.6 is 11.3 Å². The highest BCUT2D eigenvalue weighted by molar-refractivity contribution is 7.09. The van der Waals surface area contributed by atoms with Gasteiger partial charge in [0.2, 0.25) is 0 Å². The Hall–Kier alpha value is -0.450. The summed E-state index contributed by atoms with van der Waals surface area (Å²) in [6.45, 7) is 4.65. The molecule has 1 aromatic heterocycles. The molecule has 0 aromatic carbocycles. The molecule has 3 nitrogen and oxygen atoms in total. The van der Waals surface area contributed by atoms with Crippen molar-refractivity contribution in [3.63, 3.8) is 0 Å². The summed E-state index contributed by atoms with van der Waals surface area (Å²) in [6.07, 6.45) is 7.11. The van der Waals surface area contributed by atoms with Crippen LogP contribution in [0.3, 0.4) is 0 Å². The van der Waals surface area contributed by atoms with Gasteiger partial charge in [0, 0.05) is 18.5 Å². The molecule has 1 aliphatic rings. The highest BCUT2D eigenvalue weighted by Crippen LogP contribution is 2.19. The van der Waals surface area contributed by atoms with Crippen molar-refractivity contribution >= 4 is 11.3 Å². The van der Waals surface area contributed by atoms with Crippen molar-refractivity contribution in [2.75, 3.05) is 13.2 Å². The second-order valence-corrected chi connectivity index (χ2v) is 5.73. The number of hydrogen-bond donors (Lipinski definition) is 1. The molecule has 1 N–H and O–H groups in total. The third-order valence-corrected chi connectivity index (χ3v) is 3.98. The minimum Gasteiger partial charge on any atom is -0.377 e. The van der Waals surface area contributed by atoms with E-state index in [0.29, 0.717) is 6.10 Å². The van der Waals surface area contributed by atoms with Gasteiger partial charge in [-0.1, -0.05) is 19.3 Å². The molecule has 1 heterocycles. The van der Waals surface area contributed by atoms with Crippen LogP contribution in [0.15, 0.2) is 5.38 Å². The van der Waals surface area contributed by atoms with E-state index in [-0.39, 0.29) is 0 Å². The molecule has 0 spiro atoms. The monoisotopic (exact) mass is 254 g/mol. The summed E-state index contributed by atoms with van der Waals surface area (Å²) in [5.41, 5.74) is 1.14. The van der Waals surface area contributed by atoms with Crippen LogP contribution in [0.4, 0.5) is 0 Å². The lowest BCUT2D eigenvalue weighted by Gasteiger charge is -2.21. The molecule has 4 heteroatoms. The summed E-state index contributed by atoms with van der Waals surface area (Å²) in [4.78, 5) is 4.41. The van der Waals surface area contributed by atoms with Crippen molar-refractivity contribution in [2.45, 2.75) is 51.7 Å². The Kier molecular flexibility index (Phi) is 5.42. The van der Waals surface area contributed by atoms with Crippen molar-refractivity contribution in [1.29, 1.82) is 0 Å². The predicted molar refractivity (Wildman–Crippen MR) is 71.4 cm³/mol. The summed E-state index contributed by atoms with van der Waals surface area (Å²) >= 11 is 1.71. The minimum absolute atomic E-state index is 0.520. The van der Waals surface area contributed by atoms with E-state index >= 15 is 0 Å². The van der Waals surface area contributed by atoms with Crippen LogP contribution < -0.4 is 5.32 Å². The number of aromatic nitrogens is 1. The van der Waals surface area contributed by atoms with Crippen LogP contribution in [0.25, 0.3) is 0 Å². The van der Waals surface area contributed by atoms with Crippen molar-refractivity contribution in [1.82, 2.24) is 10.3 Å². The zero-order valence-electron chi connectivity index (χ0n) is 10.6. The second kappa shape index (κ2) is 7.09. The maximum atomic E-state index is 5.85. The van der Waals surface area contributed by atoms with Crippen LogP contribution in [-0.2, 0) is 11.3 Å². The fourth-order valence-electron chi connectivity index (χ4n) is 2.24. The smallest absolute Gasteiger partial charge is 0.0897 e. The molecule has 2 rings (SSSR count). The van der Waals surface area contributed by atoms with Crippen molar-refractivity contribution in [2.24, 2.45) is 0 Å². The molecule has 17 heavy (non-hydrogen) atoms. The van der Waals surface area contributed by atoms with Crippen molar-refractivity contribution in [3.8, 4) is 0 Å². The average molecular weight is 254 g/mol. The average Bonchev–Trinajstić information content (AvgIpc) is 2.76. The zero-order valence-corrected chi connectivity index (χ0v) is 11.4. The van der Waals surface area contributed by atoms with Gasteiger partial charge in [-0.2, -0.15) is 0 Å². The minimum atomic E-state index is 0.520. The first-order valence-corrected chi connectivity index (χ1v) is 7.46. The molecular formula is C13H22N2OS. The highest BCUT2D eigenvalue weighted by Gasteiger charge is 2.12. The molecule has 1 saturated carbocycles. The Morgan fingerprint density at radius 1 is 1.41 bits per heavy atom. The first kappa shape index (κ1) is 13.0. The van der Waals surface area contributed by atoms with Crippen LogP contribution in [0, 0.1) is 6.92 Å². The Morgan fingerprint density at radius 2 is 2.24 bits per heavy atom. The lowest BCUT2D eigenvalue weighted by Crippen LogP contribution is -2.24. The number of nitrogens with zero attached hydrogens (tertiary/aromatic N) is 1. The Balaban J connectivity index is 1.51. The van der Waals surface area contributed by atoms with Gasteiger partial charge >= 0.3 is 0 Å². The first-order valence-electron chi connectivity index (χ1n) is 6.58. The lowest BCUT2D eigenvalue weighted by molar-refractivity contribution is 0.0302. The van der Waals surface area contributed by atoms with Gasteiger partial charge in [0.05, 0.1) is 23.4 Å². The van der Waals surface area contributed by atoms with E-state index in [1.165, 1.54) is 32.1 Å².